The summed E-state index contributed by atoms with van der Waals surface area (Å²) in [6, 6.07) is 17.1. The first-order valence-corrected chi connectivity index (χ1v) is 9.84. The topological polar surface area (TPSA) is 85.5 Å². The number of ether oxygens (including phenoxy) is 1. The molecule has 0 fully saturated rings. The summed E-state index contributed by atoms with van der Waals surface area (Å²) in [5.41, 5.74) is 9.06. The standard InChI is InChI=1S/C24H23N3O3/c1-30-19-11-9-16-10-12-21(20(16)14-19)27(24(29)17-6-3-2-4-7-17)22(23(25)28)18-8-5-13-26-15-18/h2-9,11,13-15,21-22H,10,12H2,1H3,(H2,25,28)/t21-,22?/m1/s1. The van der Waals surface area contributed by atoms with Crippen molar-refractivity contribution in [1.29, 1.82) is 0 Å². The zero-order chi connectivity index (χ0) is 21.1. The number of rotatable bonds is 6. The summed E-state index contributed by atoms with van der Waals surface area (Å²) in [5, 5.41) is 0. The van der Waals surface area contributed by atoms with E-state index in [0.717, 1.165) is 17.5 Å². The average molecular weight is 401 g/mol. The Labute approximate surface area is 175 Å². The van der Waals surface area contributed by atoms with E-state index >= 15 is 0 Å². The molecular formula is C24H23N3O3. The van der Waals surface area contributed by atoms with Gasteiger partial charge in [-0.3, -0.25) is 14.6 Å². The Bertz CT molecular complexity index is 1050. The zero-order valence-corrected chi connectivity index (χ0v) is 16.7. The van der Waals surface area contributed by atoms with Crippen LogP contribution in [0.1, 0.15) is 45.6 Å². The number of amides is 2. The highest BCUT2D eigenvalue weighted by Gasteiger charge is 2.39. The molecule has 152 valence electrons. The van der Waals surface area contributed by atoms with E-state index in [1.54, 1.807) is 60.8 Å². The first kappa shape index (κ1) is 19.6. The Morgan fingerprint density at radius 2 is 1.93 bits per heavy atom. The van der Waals surface area contributed by atoms with Gasteiger partial charge in [-0.25, -0.2) is 0 Å². The lowest BCUT2D eigenvalue weighted by molar-refractivity contribution is -0.123. The maximum Gasteiger partial charge on any atom is 0.255 e. The average Bonchev–Trinajstić information content (AvgIpc) is 3.20. The number of nitrogens with zero attached hydrogens (tertiary/aromatic N) is 2. The summed E-state index contributed by atoms with van der Waals surface area (Å²) in [7, 11) is 1.61. The van der Waals surface area contributed by atoms with Gasteiger partial charge in [0.2, 0.25) is 5.91 Å². The summed E-state index contributed by atoms with van der Waals surface area (Å²) in [4.78, 5) is 32.1. The third-order valence-corrected chi connectivity index (χ3v) is 5.54. The Morgan fingerprint density at radius 1 is 1.13 bits per heavy atom. The van der Waals surface area contributed by atoms with Crippen LogP contribution in [0.3, 0.4) is 0 Å². The quantitative estimate of drug-likeness (QED) is 0.686. The highest BCUT2D eigenvalue weighted by molar-refractivity contribution is 5.98. The second-order valence-corrected chi connectivity index (χ2v) is 7.29. The van der Waals surface area contributed by atoms with Crippen molar-refractivity contribution in [1.82, 2.24) is 9.88 Å². The molecule has 1 heterocycles. The lowest BCUT2D eigenvalue weighted by Gasteiger charge is -2.35. The van der Waals surface area contributed by atoms with Gasteiger partial charge in [-0.05, 0) is 54.3 Å². The molecule has 1 aliphatic carbocycles. The van der Waals surface area contributed by atoms with E-state index in [9.17, 15) is 9.59 Å². The lowest BCUT2D eigenvalue weighted by Crippen LogP contribution is -2.43. The molecule has 1 unspecified atom stereocenters. The predicted molar refractivity (Wildman–Crippen MR) is 113 cm³/mol. The molecule has 0 radical (unpaired) electrons. The molecule has 0 aliphatic heterocycles. The minimum absolute atomic E-state index is 0.246. The summed E-state index contributed by atoms with van der Waals surface area (Å²) in [5.74, 6) is -0.127. The number of carbonyl (C=O) groups is 2. The van der Waals surface area contributed by atoms with Gasteiger partial charge in [0, 0.05) is 23.5 Å². The Balaban J connectivity index is 1.85. The number of aromatic nitrogens is 1. The fourth-order valence-corrected chi connectivity index (χ4v) is 4.14. The molecule has 2 N–H and O–H groups in total. The van der Waals surface area contributed by atoms with Crippen LogP contribution in [0.2, 0.25) is 0 Å². The number of aryl methyl sites for hydroxylation is 1. The van der Waals surface area contributed by atoms with E-state index in [2.05, 4.69) is 4.98 Å². The molecule has 2 amide bonds. The van der Waals surface area contributed by atoms with E-state index in [-0.39, 0.29) is 11.9 Å². The molecule has 6 heteroatoms. The van der Waals surface area contributed by atoms with Crippen LogP contribution in [0.25, 0.3) is 0 Å². The summed E-state index contributed by atoms with van der Waals surface area (Å²) in [6.45, 7) is 0. The van der Waals surface area contributed by atoms with Gasteiger partial charge in [0.05, 0.1) is 13.2 Å². The molecule has 0 saturated carbocycles. The van der Waals surface area contributed by atoms with E-state index < -0.39 is 11.9 Å². The second-order valence-electron chi connectivity index (χ2n) is 7.29. The molecule has 0 bridgehead atoms. The van der Waals surface area contributed by atoms with Crippen LogP contribution in [0.4, 0.5) is 0 Å². The van der Waals surface area contributed by atoms with Gasteiger partial charge in [0.25, 0.3) is 5.91 Å². The van der Waals surface area contributed by atoms with Crippen LogP contribution in [-0.4, -0.2) is 28.8 Å². The highest BCUT2D eigenvalue weighted by Crippen LogP contribution is 2.42. The summed E-state index contributed by atoms with van der Waals surface area (Å²) < 4.78 is 5.40. The number of primary amides is 1. The molecule has 6 nitrogen and oxygen atoms in total. The van der Waals surface area contributed by atoms with Crippen LogP contribution in [-0.2, 0) is 11.2 Å². The van der Waals surface area contributed by atoms with Gasteiger partial charge < -0.3 is 15.4 Å². The molecule has 4 rings (SSSR count). The number of hydrogen-bond donors (Lipinski definition) is 1. The third-order valence-electron chi connectivity index (χ3n) is 5.54. The second kappa shape index (κ2) is 8.37. The van der Waals surface area contributed by atoms with Crippen molar-refractivity contribution in [3.8, 4) is 5.75 Å². The van der Waals surface area contributed by atoms with Crippen molar-refractivity contribution in [2.45, 2.75) is 24.9 Å². The summed E-state index contributed by atoms with van der Waals surface area (Å²) >= 11 is 0. The van der Waals surface area contributed by atoms with Gasteiger partial charge in [-0.15, -0.1) is 0 Å². The van der Waals surface area contributed by atoms with Crippen molar-refractivity contribution in [3.05, 3.63) is 95.3 Å². The number of benzene rings is 2. The molecule has 3 aromatic rings. The fraction of sp³-hybridized carbons (Fsp3) is 0.208. The van der Waals surface area contributed by atoms with E-state index in [1.165, 1.54) is 0 Å². The van der Waals surface area contributed by atoms with E-state index in [1.807, 2.05) is 24.3 Å². The number of fused-ring (bicyclic) bond motifs is 1. The van der Waals surface area contributed by atoms with E-state index in [0.29, 0.717) is 23.3 Å². The van der Waals surface area contributed by atoms with Crippen LogP contribution >= 0.6 is 0 Å². The normalized spacial score (nSPS) is 15.8. The molecular weight excluding hydrogens is 378 g/mol. The van der Waals surface area contributed by atoms with Crippen molar-refractivity contribution >= 4 is 11.8 Å². The van der Waals surface area contributed by atoms with Crippen LogP contribution in [0.15, 0.2) is 73.1 Å². The number of carbonyl (C=O) groups excluding carboxylic acids is 2. The first-order chi connectivity index (χ1) is 14.6. The van der Waals surface area contributed by atoms with Gasteiger partial charge in [0.15, 0.2) is 0 Å². The number of nitrogens with two attached hydrogens (primary N) is 1. The van der Waals surface area contributed by atoms with Crippen LogP contribution in [0.5, 0.6) is 5.75 Å². The Hall–Kier alpha value is -3.67. The third kappa shape index (κ3) is 3.64. The minimum atomic E-state index is -0.937. The zero-order valence-electron chi connectivity index (χ0n) is 16.7. The predicted octanol–water partition coefficient (Wildman–Crippen LogP) is 3.45. The van der Waals surface area contributed by atoms with Gasteiger partial charge in [-0.2, -0.15) is 0 Å². The largest absolute Gasteiger partial charge is 0.497 e. The number of pyridine rings is 1. The number of methoxy groups -OCH3 is 1. The lowest BCUT2D eigenvalue weighted by atomic mass is 9.98. The smallest absolute Gasteiger partial charge is 0.255 e. The van der Waals surface area contributed by atoms with E-state index in [4.69, 9.17) is 10.5 Å². The molecule has 30 heavy (non-hydrogen) atoms. The molecule has 0 saturated heterocycles. The van der Waals surface area contributed by atoms with Gasteiger partial charge in [-0.1, -0.05) is 30.3 Å². The highest BCUT2D eigenvalue weighted by atomic mass is 16.5. The minimum Gasteiger partial charge on any atom is -0.497 e. The van der Waals surface area contributed by atoms with Gasteiger partial charge >= 0.3 is 0 Å². The molecule has 2 aromatic carbocycles. The van der Waals surface area contributed by atoms with Crippen molar-refractivity contribution in [2.24, 2.45) is 5.73 Å². The Kier molecular flexibility index (Phi) is 5.48. The maximum atomic E-state index is 13.7. The number of hydrogen-bond acceptors (Lipinski definition) is 4. The van der Waals surface area contributed by atoms with Crippen molar-refractivity contribution in [2.75, 3.05) is 7.11 Å². The molecule has 0 spiro atoms. The van der Waals surface area contributed by atoms with Crippen LogP contribution < -0.4 is 10.5 Å². The van der Waals surface area contributed by atoms with Crippen molar-refractivity contribution in [3.63, 3.8) is 0 Å². The molecule has 1 aromatic heterocycles. The Morgan fingerprint density at radius 3 is 2.60 bits per heavy atom. The maximum absolute atomic E-state index is 13.7. The van der Waals surface area contributed by atoms with Gasteiger partial charge in [0.1, 0.15) is 11.8 Å². The first-order valence-electron chi connectivity index (χ1n) is 9.84. The van der Waals surface area contributed by atoms with Crippen LogP contribution in [0, 0.1) is 0 Å². The molecule has 2 atom stereocenters. The monoisotopic (exact) mass is 401 g/mol. The summed E-state index contributed by atoms with van der Waals surface area (Å²) in [6.07, 6.45) is 4.72. The fourth-order valence-electron chi connectivity index (χ4n) is 4.14. The van der Waals surface area contributed by atoms with Crippen molar-refractivity contribution < 1.29 is 14.3 Å². The molecule has 1 aliphatic rings. The SMILES string of the molecule is COc1ccc2c(c1)[C@H](N(C(=O)c1ccccc1)C(C(N)=O)c1cccnc1)CC2.